The summed E-state index contributed by atoms with van der Waals surface area (Å²) in [4.78, 5) is 149. The maximum Gasteiger partial charge on any atom is 1.00 e. The van der Waals surface area contributed by atoms with Crippen LogP contribution in [0.3, 0.4) is 0 Å². The fourth-order valence-corrected chi connectivity index (χ4v) is 28.2. The number of methoxy groups -OCH3 is 5. The molecule has 10 heterocycles. The number of benzene rings is 3. The van der Waals surface area contributed by atoms with Gasteiger partial charge in [0.2, 0.25) is 0 Å². The maximum atomic E-state index is 12.6. The number of ether oxygens (including phenoxy) is 11. The molecule has 7 atom stereocenters. The van der Waals surface area contributed by atoms with Crippen LogP contribution >= 0.6 is 144 Å². The third-order valence-corrected chi connectivity index (χ3v) is 34.5. The summed E-state index contributed by atoms with van der Waals surface area (Å²) in [5, 5.41) is 22.2. The van der Waals surface area contributed by atoms with E-state index in [1.807, 2.05) is 196 Å². The first kappa shape index (κ1) is 130. The van der Waals surface area contributed by atoms with Gasteiger partial charge in [-0.1, -0.05) is 91.0 Å². The fraction of sp³-hybridized carbons (Fsp3) is 0.659. The van der Waals surface area contributed by atoms with E-state index in [4.69, 9.17) is 42.6 Å². The van der Waals surface area contributed by atoms with Crippen LogP contribution in [-0.4, -0.2) is 335 Å². The second kappa shape index (κ2) is 66.7. The number of hydrogen-bond donors (Lipinski definition) is 5. The fourth-order valence-electron chi connectivity index (χ4n) is 14.3. The number of Topliss-reactive ketones (excluding diaryl/α,β-unsaturated/α-hetero) is 1. The van der Waals surface area contributed by atoms with Crippen LogP contribution < -0.4 is 24.2 Å². The summed E-state index contributed by atoms with van der Waals surface area (Å²) in [5.41, 5.74) is 1.44. The quantitative estimate of drug-likeness (QED) is 0.0385. The predicted octanol–water partition coefficient (Wildman–Crippen LogP) is 12.5. The molecule has 0 saturated carbocycles. The molecular weight excluding hydrogens is 2020 g/mol. The van der Waals surface area contributed by atoms with Gasteiger partial charge in [-0.05, 0) is 168 Å². The van der Waals surface area contributed by atoms with Gasteiger partial charge in [0.25, 0.3) is 0 Å². The number of nitrogens with one attached hydrogen (secondary N) is 1. The van der Waals surface area contributed by atoms with E-state index >= 15 is 0 Å². The average Bonchev–Trinajstić information content (AvgIpc) is 1.63. The Labute approximate surface area is 872 Å². The number of aliphatic carboxylic acids is 1. The standard InChI is InChI=1S/C17H21NO4S2.C14H17NO5.C14H15NO5.C14H23NO4S2.C13H21NO4S2.C9H15NO2S2.C4H10O.C3H8S2.BF3.2ClH.Li.H2O/c1-21-15(19)14-10-17(23-8-5-9-24-17)12-18(14)16(20)22-11-13-6-3-2-4-7-13;2*1-19-13(17)12-7-11(16)8-15(12)14(18)20-9-10-5-3-2-4-6-10;1-13(2,3)19-12(17)15-9-14(20-6-5-7-21-14)8-10(15)11(16)18-4;1-12(2,3)18-11(17)14-8-13(7-9(14)10(15)16)19-5-4-6-20-13;1-12-8(11)7-5-9(6-10-7)13-3-2-4-14-9;1-3-5-4-2;4-2-1-3-5;2-1(3)4;;;;/h2-4,6-7,14H,5,8-12H2,1H3;2-6,11-12,16H,7-9H2,1H3;2-6,12H,7-9H2,1H3;10H,5-9H2,1-4H3;9H,4-8H2,1-3H3,(H,15,16);7,10H,2-6H2,1H3;3-4H2,1-2H3;4-5H,1-3H2;;2*1H;;1H2/q;;;;;;;;;;;+1;/p-1/t14-;11-,12+;12-;10-;9-;7-;;;;;;;/m010000......./s1. The second-order valence-electron chi connectivity index (χ2n) is 32.8. The largest absolute Gasteiger partial charge is 1.00 e. The van der Waals surface area contributed by atoms with Crippen molar-refractivity contribution in [2.45, 2.75) is 216 Å². The van der Waals surface area contributed by atoms with Crippen molar-refractivity contribution in [2.24, 2.45) is 0 Å². The minimum absolute atomic E-state index is 0. The molecule has 4 N–H and O–H groups in total. The molecule has 32 nitrogen and oxygen atoms in total. The molecule has 0 bridgehead atoms. The van der Waals surface area contributed by atoms with E-state index in [2.05, 4.69) is 40.0 Å². The van der Waals surface area contributed by atoms with Gasteiger partial charge in [-0.2, -0.15) is 25.3 Å². The first-order valence-corrected chi connectivity index (χ1v) is 52.6. The Morgan fingerprint density at radius 2 is 0.766 bits per heavy atom. The number of rotatable bonds is 16. The van der Waals surface area contributed by atoms with Crippen LogP contribution in [0.1, 0.15) is 143 Å². The number of aliphatic hydroxyl groups is 1. The third kappa shape index (κ3) is 45.4. The number of esters is 5. The summed E-state index contributed by atoms with van der Waals surface area (Å²) in [6, 6.07) is 24.3. The van der Waals surface area contributed by atoms with E-state index in [9.17, 15) is 80.7 Å². The van der Waals surface area contributed by atoms with Crippen LogP contribution in [0.2, 0.25) is 0 Å². The van der Waals surface area contributed by atoms with E-state index in [-0.39, 0.29) is 141 Å². The molecule has 10 aliphatic heterocycles. The van der Waals surface area contributed by atoms with Crippen molar-refractivity contribution in [2.75, 3.05) is 146 Å². The van der Waals surface area contributed by atoms with Crippen LogP contribution in [0.25, 0.3) is 0 Å². The summed E-state index contributed by atoms with van der Waals surface area (Å²) in [6.45, 7) is 19.3. The molecule has 770 valence electrons. The first-order chi connectivity index (χ1) is 63.2. The molecular formula is C88H133BCl2F3LiN6O26S10. The number of β-amino-alcohol motifs (C(OH)–C–C–N with tert-alkyl or cyclic N) is 1. The Hall–Kier alpha value is -5.13. The van der Waals surface area contributed by atoms with E-state index < -0.39 is 103 Å². The molecule has 0 unspecified atom stereocenters. The van der Waals surface area contributed by atoms with Crippen LogP contribution in [-0.2, 0) is 105 Å². The number of hydrogen-bond acceptors (Lipinski definition) is 36. The molecule has 3 aromatic carbocycles. The number of ketones is 1. The zero-order valence-electron chi connectivity index (χ0n) is 80.0. The molecule has 10 fully saturated rings. The number of carboxylic acids is 1. The Morgan fingerprint density at radius 1 is 0.460 bits per heavy atom. The van der Waals surface area contributed by atoms with Crippen LogP contribution in [0.5, 0.6) is 0 Å². The number of amides is 5. The van der Waals surface area contributed by atoms with E-state index in [0.717, 1.165) is 107 Å². The van der Waals surface area contributed by atoms with Gasteiger partial charge in [-0.25, -0.2) is 47.9 Å². The molecule has 0 aromatic heterocycles. The van der Waals surface area contributed by atoms with Gasteiger partial charge in [0, 0.05) is 71.5 Å². The van der Waals surface area contributed by atoms with Gasteiger partial charge in [0.05, 0.1) is 71.1 Å². The normalized spacial score (nSPS) is 21.2. The Kier molecular flexibility index (Phi) is 63.3. The molecule has 0 aliphatic carbocycles. The van der Waals surface area contributed by atoms with Gasteiger partial charge >= 0.3 is 92.7 Å². The summed E-state index contributed by atoms with van der Waals surface area (Å²) < 4.78 is 83.9. The van der Waals surface area contributed by atoms with Crippen molar-refractivity contribution in [3.05, 3.63) is 108 Å². The van der Waals surface area contributed by atoms with E-state index in [1.54, 1.807) is 54.1 Å². The molecule has 4 spiro atoms. The predicted molar refractivity (Wildman–Crippen MR) is 542 cm³/mol. The van der Waals surface area contributed by atoms with Crippen LogP contribution in [0.15, 0.2) is 91.0 Å². The minimum atomic E-state index is -3.67. The number of carbonyl (C=O) groups excluding carboxylic acids is 11. The zero-order chi connectivity index (χ0) is 98.5. The number of thiol groups is 2. The van der Waals surface area contributed by atoms with Crippen molar-refractivity contribution in [3.8, 4) is 0 Å². The third-order valence-electron chi connectivity index (χ3n) is 20.5. The monoisotopic (exact) mass is 2150 g/mol. The number of carboxylic acid groups (broad SMARTS) is 1. The summed E-state index contributed by atoms with van der Waals surface area (Å²) in [7, 11) is 2.99. The summed E-state index contributed by atoms with van der Waals surface area (Å²) in [5.74, 6) is 7.59. The topological polar surface area (TPSA) is 405 Å². The minimum Gasteiger partial charge on any atom is -0.870 e. The van der Waals surface area contributed by atoms with Crippen molar-refractivity contribution in [1.29, 1.82) is 0 Å². The molecule has 0 radical (unpaired) electrons. The van der Waals surface area contributed by atoms with Crippen LogP contribution in [0, 0.1) is 0 Å². The zero-order valence-corrected chi connectivity index (χ0v) is 89.9. The SMILES string of the molecule is CC(C)(C)OC(=O)N1CC2(C[C@H]1C(=O)O)SCCCS2.CCOCC.COC(=O)[C@@H]1CC(=O)CN1C(=O)OCc1ccccc1.COC(=O)[C@@H]1CC2(CN1)SCCCS2.COC(=O)[C@@H]1CC2(CN1C(=O)OC(C)(C)C)SCCCS2.COC(=O)[C@@H]1CC2(CN1C(=O)OCc1ccccc1)SCCCS2.COC(=O)[C@@H]1C[C@@H](O)CN1C(=O)OCc1ccccc1.Cl.Cl.FB(F)F.SCCCS.[Li+].[OH-]. The maximum absolute atomic E-state index is 12.6. The number of halogens is 5. The van der Waals surface area contributed by atoms with Crippen molar-refractivity contribution in [3.63, 3.8) is 0 Å². The molecule has 5 amide bonds. The van der Waals surface area contributed by atoms with Crippen molar-refractivity contribution in [1.82, 2.24) is 29.8 Å². The molecule has 49 heteroatoms. The number of likely N-dealkylation sites (tertiary alicyclic amines) is 5. The van der Waals surface area contributed by atoms with Gasteiger partial charge in [-0.3, -0.25) is 47.0 Å². The molecule has 13 rings (SSSR count). The van der Waals surface area contributed by atoms with E-state index in [1.165, 1.54) is 76.1 Å². The van der Waals surface area contributed by atoms with Crippen molar-refractivity contribution >= 4 is 224 Å². The number of nitrogens with zero attached hydrogens (tertiary/aromatic N) is 5. The van der Waals surface area contributed by atoms with Crippen LogP contribution in [0.4, 0.5) is 36.9 Å². The smallest absolute Gasteiger partial charge is 0.870 e. The number of aliphatic hydroxyl groups excluding tert-OH is 1. The molecule has 3 aromatic rings. The summed E-state index contributed by atoms with van der Waals surface area (Å²) >= 11 is 22.9. The second-order valence-corrected chi connectivity index (χ2v) is 46.6. The Balaban J connectivity index is 0.000000797. The van der Waals surface area contributed by atoms with Gasteiger partial charge < -0.3 is 73.1 Å². The van der Waals surface area contributed by atoms with E-state index in [0.29, 0.717) is 38.9 Å². The van der Waals surface area contributed by atoms with Gasteiger partial charge in [0.15, 0.2) is 5.78 Å². The molecule has 137 heavy (non-hydrogen) atoms. The van der Waals surface area contributed by atoms with Gasteiger partial charge in [0.1, 0.15) is 67.3 Å². The molecule has 10 aliphatic rings. The Morgan fingerprint density at radius 3 is 1.08 bits per heavy atom. The number of thioether (sulfide) groups is 8. The Bertz CT molecular complexity index is 4110. The summed E-state index contributed by atoms with van der Waals surface area (Å²) in [6.07, 6.45) is 5.26. The number of carbonyl (C=O) groups is 12. The molecule has 10 saturated heterocycles. The first-order valence-electron chi connectivity index (χ1n) is 43.5. The van der Waals surface area contributed by atoms with Gasteiger partial charge in [-0.15, -0.1) is 119 Å². The average molecular weight is 2160 g/mol. The van der Waals surface area contributed by atoms with Crippen molar-refractivity contribution < 1.29 is 157 Å².